The van der Waals surface area contributed by atoms with E-state index in [2.05, 4.69) is 13.8 Å². The van der Waals surface area contributed by atoms with Crippen LogP contribution in [0.25, 0.3) is 0 Å². The summed E-state index contributed by atoms with van der Waals surface area (Å²) in [6.45, 7) is 4.26. The van der Waals surface area contributed by atoms with Crippen LogP contribution in [0, 0.1) is 5.92 Å². The highest BCUT2D eigenvalue weighted by molar-refractivity contribution is 5.73. The molecule has 1 unspecified atom stereocenters. The third-order valence-electron chi connectivity index (χ3n) is 1.85. The first-order valence-corrected chi connectivity index (χ1v) is 4.45. The maximum atomic E-state index is 10.5. The van der Waals surface area contributed by atoms with Gasteiger partial charge in [0.2, 0.25) is 5.91 Å². The van der Waals surface area contributed by atoms with Crippen LogP contribution in [0.2, 0.25) is 0 Å². The van der Waals surface area contributed by atoms with E-state index in [0.29, 0.717) is 12.3 Å². The van der Waals surface area contributed by atoms with Gasteiger partial charge in [-0.1, -0.05) is 39.5 Å². The van der Waals surface area contributed by atoms with Crippen molar-refractivity contribution in [3.8, 4) is 0 Å². The molecule has 0 radical (unpaired) electrons. The Morgan fingerprint density at radius 3 is 2.55 bits per heavy atom. The maximum absolute atomic E-state index is 10.5. The quantitative estimate of drug-likeness (QED) is 0.589. The molecule has 11 heavy (non-hydrogen) atoms. The molecule has 0 spiro atoms. The van der Waals surface area contributed by atoms with E-state index in [1.54, 1.807) is 0 Å². The number of carbonyl (C=O) groups is 1. The van der Waals surface area contributed by atoms with Crippen LogP contribution in [0.5, 0.6) is 0 Å². The second-order valence-electron chi connectivity index (χ2n) is 3.27. The Bertz CT molecular complexity index is 112. The lowest BCUT2D eigenvalue weighted by atomic mass is 10.00. The van der Waals surface area contributed by atoms with E-state index in [1.807, 2.05) is 0 Å². The monoisotopic (exact) mass is 157 g/mol. The summed E-state index contributed by atoms with van der Waals surface area (Å²) < 4.78 is 0. The van der Waals surface area contributed by atoms with Crippen molar-refractivity contribution in [1.82, 2.24) is 0 Å². The molecule has 2 nitrogen and oxygen atoms in total. The first kappa shape index (κ1) is 10.5. The predicted molar refractivity (Wildman–Crippen MR) is 47.1 cm³/mol. The molecule has 0 aliphatic carbocycles. The molecule has 0 aliphatic rings. The molecule has 0 heterocycles. The molecular formula is C9H19NO. The van der Waals surface area contributed by atoms with Crippen molar-refractivity contribution in [1.29, 1.82) is 0 Å². The number of amides is 1. The van der Waals surface area contributed by atoms with Gasteiger partial charge in [0.05, 0.1) is 0 Å². The normalized spacial score (nSPS) is 12.9. The Morgan fingerprint density at radius 2 is 2.09 bits per heavy atom. The molecule has 1 amide bonds. The molecule has 0 bridgehead atoms. The number of nitrogens with two attached hydrogens (primary N) is 1. The number of rotatable bonds is 6. The van der Waals surface area contributed by atoms with Gasteiger partial charge in [-0.05, 0) is 5.92 Å². The third-order valence-corrected chi connectivity index (χ3v) is 1.85. The number of primary amides is 1. The van der Waals surface area contributed by atoms with Crippen molar-refractivity contribution in [2.75, 3.05) is 0 Å². The Morgan fingerprint density at radius 1 is 1.45 bits per heavy atom. The SMILES string of the molecule is CCCCCC(C)CC(N)=O. The lowest BCUT2D eigenvalue weighted by Gasteiger charge is -2.07. The second kappa shape index (κ2) is 6.20. The van der Waals surface area contributed by atoms with Gasteiger partial charge in [-0.3, -0.25) is 4.79 Å². The topological polar surface area (TPSA) is 43.1 Å². The van der Waals surface area contributed by atoms with E-state index >= 15 is 0 Å². The summed E-state index contributed by atoms with van der Waals surface area (Å²) in [7, 11) is 0. The van der Waals surface area contributed by atoms with Gasteiger partial charge < -0.3 is 5.73 Å². The van der Waals surface area contributed by atoms with Gasteiger partial charge in [-0.15, -0.1) is 0 Å². The zero-order valence-corrected chi connectivity index (χ0v) is 7.60. The van der Waals surface area contributed by atoms with E-state index in [4.69, 9.17) is 5.73 Å². The van der Waals surface area contributed by atoms with Crippen molar-refractivity contribution in [2.24, 2.45) is 11.7 Å². The van der Waals surface area contributed by atoms with Crippen LogP contribution in [0.1, 0.15) is 46.0 Å². The molecule has 2 heteroatoms. The Kier molecular flexibility index (Phi) is 5.90. The van der Waals surface area contributed by atoms with Gasteiger partial charge in [-0.2, -0.15) is 0 Å². The first-order chi connectivity index (χ1) is 5.16. The minimum atomic E-state index is -0.172. The number of hydrogen-bond acceptors (Lipinski definition) is 1. The van der Waals surface area contributed by atoms with E-state index in [1.165, 1.54) is 19.3 Å². The molecule has 2 N–H and O–H groups in total. The van der Waals surface area contributed by atoms with Crippen LogP contribution < -0.4 is 5.73 Å². The van der Waals surface area contributed by atoms with Crippen LogP contribution >= 0.6 is 0 Å². The Balaban J connectivity index is 3.22. The van der Waals surface area contributed by atoms with Gasteiger partial charge in [0.15, 0.2) is 0 Å². The predicted octanol–water partition coefficient (Wildman–Crippen LogP) is 2.08. The lowest BCUT2D eigenvalue weighted by molar-refractivity contribution is -0.118. The van der Waals surface area contributed by atoms with E-state index in [-0.39, 0.29) is 5.91 Å². The van der Waals surface area contributed by atoms with Crippen LogP contribution in [-0.4, -0.2) is 5.91 Å². The van der Waals surface area contributed by atoms with Crippen LogP contribution in [0.15, 0.2) is 0 Å². The molecule has 0 aromatic carbocycles. The molecule has 0 saturated heterocycles. The van der Waals surface area contributed by atoms with Crippen LogP contribution in [0.4, 0.5) is 0 Å². The van der Waals surface area contributed by atoms with Crippen molar-refractivity contribution in [2.45, 2.75) is 46.0 Å². The summed E-state index contributed by atoms with van der Waals surface area (Å²) in [5.41, 5.74) is 5.06. The fourth-order valence-corrected chi connectivity index (χ4v) is 1.19. The lowest BCUT2D eigenvalue weighted by Crippen LogP contribution is -2.14. The van der Waals surface area contributed by atoms with Crippen molar-refractivity contribution in [3.63, 3.8) is 0 Å². The van der Waals surface area contributed by atoms with Gasteiger partial charge >= 0.3 is 0 Å². The molecule has 0 aliphatic heterocycles. The van der Waals surface area contributed by atoms with E-state index in [9.17, 15) is 4.79 Å². The van der Waals surface area contributed by atoms with Crippen molar-refractivity contribution < 1.29 is 4.79 Å². The maximum Gasteiger partial charge on any atom is 0.217 e. The molecular weight excluding hydrogens is 138 g/mol. The molecule has 0 saturated carbocycles. The van der Waals surface area contributed by atoms with Gasteiger partial charge in [0, 0.05) is 6.42 Å². The zero-order valence-electron chi connectivity index (χ0n) is 7.60. The minimum absolute atomic E-state index is 0.172. The fourth-order valence-electron chi connectivity index (χ4n) is 1.19. The molecule has 0 aromatic rings. The average Bonchev–Trinajstić information content (AvgIpc) is 1.86. The Labute approximate surface area is 69.2 Å². The van der Waals surface area contributed by atoms with Crippen molar-refractivity contribution in [3.05, 3.63) is 0 Å². The summed E-state index contributed by atoms with van der Waals surface area (Å²) >= 11 is 0. The van der Waals surface area contributed by atoms with Gasteiger partial charge in [0.1, 0.15) is 0 Å². The second-order valence-corrected chi connectivity index (χ2v) is 3.27. The number of unbranched alkanes of at least 4 members (excludes halogenated alkanes) is 2. The molecule has 0 aromatic heterocycles. The summed E-state index contributed by atoms with van der Waals surface area (Å²) in [6, 6.07) is 0. The minimum Gasteiger partial charge on any atom is -0.370 e. The standard InChI is InChI=1S/C9H19NO/c1-3-4-5-6-8(2)7-9(10)11/h8H,3-7H2,1-2H3,(H2,10,11). The number of carbonyl (C=O) groups excluding carboxylic acids is 1. The summed E-state index contributed by atoms with van der Waals surface area (Å²) in [6.07, 6.45) is 5.41. The van der Waals surface area contributed by atoms with Gasteiger partial charge in [-0.25, -0.2) is 0 Å². The summed E-state index contributed by atoms with van der Waals surface area (Å²) in [4.78, 5) is 10.5. The molecule has 0 fully saturated rings. The zero-order chi connectivity index (χ0) is 8.69. The average molecular weight is 157 g/mol. The molecule has 66 valence electrons. The van der Waals surface area contributed by atoms with E-state index < -0.39 is 0 Å². The highest BCUT2D eigenvalue weighted by Gasteiger charge is 2.04. The van der Waals surface area contributed by atoms with E-state index in [0.717, 1.165) is 6.42 Å². The first-order valence-electron chi connectivity index (χ1n) is 4.45. The van der Waals surface area contributed by atoms with Crippen LogP contribution in [0.3, 0.4) is 0 Å². The molecule has 0 rings (SSSR count). The fraction of sp³-hybridized carbons (Fsp3) is 0.889. The third kappa shape index (κ3) is 7.37. The Hall–Kier alpha value is -0.530. The summed E-state index contributed by atoms with van der Waals surface area (Å²) in [5, 5.41) is 0. The highest BCUT2D eigenvalue weighted by Crippen LogP contribution is 2.11. The van der Waals surface area contributed by atoms with Crippen molar-refractivity contribution >= 4 is 5.91 Å². The van der Waals surface area contributed by atoms with Gasteiger partial charge in [0.25, 0.3) is 0 Å². The highest BCUT2D eigenvalue weighted by atomic mass is 16.1. The molecule has 1 atom stereocenters. The largest absolute Gasteiger partial charge is 0.370 e. The number of hydrogen-bond donors (Lipinski definition) is 1. The smallest absolute Gasteiger partial charge is 0.217 e. The van der Waals surface area contributed by atoms with Crippen LogP contribution in [-0.2, 0) is 4.79 Å². The summed E-state index contributed by atoms with van der Waals surface area (Å²) in [5.74, 6) is 0.299.